The van der Waals surface area contributed by atoms with Crippen molar-refractivity contribution in [3.63, 3.8) is 0 Å². The van der Waals surface area contributed by atoms with Crippen LogP contribution in [0, 0.1) is 0 Å². The van der Waals surface area contributed by atoms with E-state index in [2.05, 4.69) is 9.80 Å². The molecule has 2 fully saturated rings. The van der Waals surface area contributed by atoms with Gasteiger partial charge in [0.15, 0.2) is 0 Å². The minimum Gasteiger partial charge on any atom is -0.302 e. The van der Waals surface area contributed by atoms with Crippen molar-refractivity contribution in [2.24, 2.45) is 0 Å². The molecule has 0 N–H and O–H groups in total. The quantitative estimate of drug-likeness (QED) is 0.589. The van der Waals surface area contributed by atoms with Gasteiger partial charge < -0.3 is 4.79 Å². The Labute approximate surface area is 79.7 Å². The van der Waals surface area contributed by atoms with E-state index >= 15 is 0 Å². The highest BCUT2D eigenvalue weighted by Gasteiger charge is 2.29. The van der Waals surface area contributed by atoms with Gasteiger partial charge in [-0.3, -0.25) is 9.80 Å². The van der Waals surface area contributed by atoms with Crippen LogP contribution in [0.5, 0.6) is 0 Å². The maximum atomic E-state index is 10.4. The Hall–Kier alpha value is -0.410. The minimum atomic E-state index is 0.624. The fourth-order valence-corrected chi connectivity index (χ4v) is 2.08. The lowest BCUT2D eigenvalue weighted by Gasteiger charge is -2.19. The molecule has 0 amide bonds. The van der Waals surface area contributed by atoms with Crippen molar-refractivity contribution in [2.45, 2.75) is 25.3 Å². The Bertz CT molecular complexity index is 180. The molecule has 1 aliphatic heterocycles. The first-order valence-corrected chi connectivity index (χ1v) is 5.30. The maximum Gasteiger partial charge on any atom is 0.133 e. The van der Waals surface area contributed by atoms with Gasteiger partial charge in [-0.1, -0.05) is 0 Å². The van der Waals surface area contributed by atoms with E-state index in [4.69, 9.17) is 0 Å². The van der Waals surface area contributed by atoms with E-state index in [0.29, 0.717) is 6.54 Å². The molecule has 2 aliphatic rings. The predicted octanol–water partition coefficient (Wildman–Crippen LogP) is 0.355. The number of nitrogens with zero attached hydrogens (tertiary/aromatic N) is 2. The van der Waals surface area contributed by atoms with Gasteiger partial charge in [0.25, 0.3) is 0 Å². The van der Waals surface area contributed by atoms with E-state index in [1.807, 2.05) is 0 Å². The zero-order valence-corrected chi connectivity index (χ0v) is 8.11. The molecule has 1 aliphatic carbocycles. The summed E-state index contributed by atoms with van der Waals surface area (Å²) in [6.07, 6.45) is 5.04. The van der Waals surface area contributed by atoms with Crippen LogP contribution in [0.25, 0.3) is 0 Å². The number of carbonyl (C=O) groups excluding carboxylic acids is 1. The van der Waals surface area contributed by atoms with Gasteiger partial charge in [-0.15, -0.1) is 0 Å². The van der Waals surface area contributed by atoms with Crippen molar-refractivity contribution in [3.05, 3.63) is 0 Å². The fourth-order valence-electron chi connectivity index (χ4n) is 2.08. The number of aldehydes is 1. The molecule has 74 valence electrons. The average Bonchev–Trinajstić information content (AvgIpc) is 2.89. The Balaban J connectivity index is 1.78. The summed E-state index contributed by atoms with van der Waals surface area (Å²) in [6, 6.07) is 0.885. The highest BCUT2D eigenvalue weighted by Crippen LogP contribution is 2.27. The summed E-state index contributed by atoms with van der Waals surface area (Å²) in [7, 11) is 0. The van der Waals surface area contributed by atoms with E-state index < -0.39 is 0 Å². The van der Waals surface area contributed by atoms with Crippen LogP contribution >= 0.6 is 0 Å². The standard InChI is InChI=1S/C10H18N2O/c13-9-8-11-4-1-5-12(7-6-11)10-2-3-10/h9-10H,1-8H2. The van der Waals surface area contributed by atoms with Gasteiger partial charge >= 0.3 is 0 Å². The van der Waals surface area contributed by atoms with E-state index in [-0.39, 0.29) is 0 Å². The molecule has 3 heteroatoms. The molecule has 0 bridgehead atoms. The molecule has 0 aromatic heterocycles. The summed E-state index contributed by atoms with van der Waals surface area (Å²) in [5.74, 6) is 0. The summed E-state index contributed by atoms with van der Waals surface area (Å²) in [4.78, 5) is 15.2. The molecule has 0 aromatic rings. The average molecular weight is 182 g/mol. The SMILES string of the molecule is O=CCN1CCCN(C2CC2)CC1. The zero-order chi connectivity index (χ0) is 9.10. The van der Waals surface area contributed by atoms with Crippen LogP contribution in [0.3, 0.4) is 0 Å². The first-order valence-electron chi connectivity index (χ1n) is 5.30. The largest absolute Gasteiger partial charge is 0.302 e. The van der Waals surface area contributed by atoms with Crippen LogP contribution in [0.4, 0.5) is 0 Å². The van der Waals surface area contributed by atoms with Gasteiger partial charge in [0.1, 0.15) is 6.29 Å². The third-order valence-corrected chi connectivity index (χ3v) is 3.02. The first kappa shape index (κ1) is 9.16. The monoisotopic (exact) mass is 182 g/mol. The molecular formula is C10H18N2O. The number of carbonyl (C=O) groups is 1. The van der Waals surface area contributed by atoms with Crippen LogP contribution in [0.15, 0.2) is 0 Å². The molecule has 0 unspecified atom stereocenters. The molecule has 1 saturated carbocycles. The number of hydrogen-bond donors (Lipinski definition) is 0. The Morgan fingerprint density at radius 2 is 2.00 bits per heavy atom. The second-order valence-electron chi connectivity index (χ2n) is 4.09. The van der Waals surface area contributed by atoms with Gasteiger partial charge in [-0.05, 0) is 32.4 Å². The van der Waals surface area contributed by atoms with Gasteiger partial charge in [-0.2, -0.15) is 0 Å². The molecule has 1 heterocycles. The molecule has 2 rings (SSSR count). The number of rotatable bonds is 3. The van der Waals surface area contributed by atoms with E-state index in [1.165, 1.54) is 32.4 Å². The molecule has 0 spiro atoms. The van der Waals surface area contributed by atoms with Gasteiger partial charge in [0, 0.05) is 19.1 Å². The van der Waals surface area contributed by atoms with Crippen LogP contribution in [0.2, 0.25) is 0 Å². The third kappa shape index (κ3) is 2.51. The first-order chi connectivity index (χ1) is 6.40. The molecule has 0 atom stereocenters. The van der Waals surface area contributed by atoms with E-state index in [0.717, 1.165) is 25.4 Å². The van der Waals surface area contributed by atoms with Gasteiger partial charge in [-0.25, -0.2) is 0 Å². The minimum absolute atomic E-state index is 0.624. The van der Waals surface area contributed by atoms with Crippen LogP contribution in [-0.4, -0.2) is 54.9 Å². The Kier molecular flexibility index (Phi) is 2.96. The second-order valence-corrected chi connectivity index (χ2v) is 4.09. The predicted molar refractivity (Wildman–Crippen MR) is 51.7 cm³/mol. The molecule has 0 radical (unpaired) electrons. The summed E-state index contributed by atoms with van der Waals surface area (Å²) in [5, 5.41) is 0. The highest BCUT2D eigenvalue weighted by atomic mass is 16.1. The normalized spacial score (nSPS) is 27.1. The van der Waals surface area contributed by atoms with Crippen molar-refractivity contribution < 1.29 is 4.79 Å². The van der Waals surface area contributed by atoms with Crippen molar-refractivity contribution in [2.75, 3.05) is 32.7 Å². The highest BCUT2D eigenvalue weighted by molar-refractivity contribution is 5.51. The van der Waals surface area contributed by atoms with Gasteiger partial charge in [0.05, 0.1) is 6.54 Å². The lowest BCUT2D eigenvalue weighted by molar-refractivity contribution is -0.108. The van der Waals surface area contributed by atoms with Crippen LogP contribution in [-0.2, 0) is 4.79 Å². The maximum absolute atomic E-state index is 10.4. The topological polar surface area (TPSA) is 23.6 Å². The summed E-state index contributed by atoms with van der Waals surface area (Å²) >= 11 is 0. The van der Waals surface area contributed by atoms with Gasteiger partial charge in [0.2, 0.25) is 0 Å². The van der Waals surface area contributed by atoms with Crippen LogP contribution < -0.4 is 0 Å². The van der Waals surface area contributed by atoms with E-state index in [9.17, 15) is 4.79 Å². The molecule has 0 aromatic carbocycles. The molecule has 3 nitrogen and oxygen atoms in total. The zero-order valence-electron chi connectivity index (χ0n) is 8.11. The second kappa shape index (κ2) is 4.20. The third-order valence-electron chi connectivity index (χ3n) is 3.02. The lowest BCUT2D eigenvalue weighted by atomic mass is 10.4. The Morgan fingerprint density at radius 1 is 1.15 bits per heavy atom. The number of hydrogen-bond acceptors (Lipinski definition) is 3. The van der Waals surface area contributed by atoms with Crippen molar-refractivity contribution in [3.8, 4) is 0 Å². The van der Waals surface area contributed by atoms with Crippen molar-refractivity contribution in [1.82, 2.24) is 9.80 Å². The van der Waals surface area contributed by atoms with Crippen molar-refractivity contribution in [1.29, 1.82) is 0 Å². The molecule has 13 heavy (non-hydrogen) atoms. The Morgan fingerprint density at radius 3 is 2.69 bits per heavy atom. The smallest absolute Gasteiger partial charge is 0.133 e. The lowest BCUT2D eigenvalue weighted by Crippen LogP contribution is -2.32. The van der Waals surface area contributed by atoms with Crippen LogP contribution in [0.1, 0.15) is 19.3 Å². The molecular weight excluding hydrogens is 164 g/mol. The summed E-state index contributed by atoms with van der Waals surface area (Å²) < 4.78 is 0. The molecule has 1 saturated heterocycles. The summed E-state index contributed by atoms with van der Waals surface area (Å²) in [5.41, 5.74) is 0. The fraction of sp³-hybridized carbons (Fsp3) is 0.900. The van der Waals surface area contributed by atoms with E-state index in [1.54, 1.807) is 0 Å². The van der Waals surface area contributed by atoms with Crippen molar-refractivity contribution >= 4 is 6.29 Å². The summed E-state index contributed by atoms with van der Waals surface area (Å²) in [6.45, 7) is 5.20.